The molecule has 0 aliphatic carbocycles. The summed E-state index contributed by atoms with van der Waals surface area (Å²) in [4.78, 5) is 0. The van der Waals surface area contributed by atoms with E-state index < -0.39 is 0 Å². The van der Waals surface area contributed by atoms with E-state index in [2.05, 4.69) is 0 Å². The Kier molecular flexibility index (Phi) is 4.33. The predicted molar refractivity (Wildman–Crippen MR) is 51.5 cm³/mol. The molecule has 1 radical (unpaired) electrons. The van der Waals surface area contributed by atoms with Gasteiger partial charge in [0.15, 0.2) is 0 Å². The topological polar surface area (TPSA) is 29.1 Å². The van der Waals surface area contributed by atoms with E-state index in [1.165, 1.54) is 0 Å². The fraction of sp³-hybridized carbons (Fsp3) is 0.455. The maximum Gasteiger partial charge on any atom is 0.122 e. The Hall–Kier alpha value is -1.02. The minimum atomic E-state index is -0.0134. The number of hydrogen-bond donors (Lipinski definition) is 0. The summed E-state index contributed by atoms with van der Waals surface area (Å²) in [6.07, 6.45) is 1.50. The molecule has 0 aliphatic heterocycles. The van der Waals surface area contributed by atoms with Crippen LogP contribution in [0.5, 0.6) is 5.75 Å². The van der Waals surface area contributed by atoms with Crippen LogP contribution in [-0.4, -0.2) is 13.2 Å². The minimum absolute atomic E-state index is 0.0134. The Bertz CT molecular complexity index is 246. The lowest BCUT2D eigenvalue weighted by atomic mass is 10.1. The average Bonchev–Trinajstić information content (AvgIpc) is 2.17. The van der Waals surface area contributed by atoms with Crippen LogP contribution in [0.1, 0.15) is 18.9 Å². The van der Waals surface area contributed by atoms with E-state index in [9.17, 15) is 5.11 Å². The van der Waals surface area contributed by atoms with Crippen molar-refractivity contribution in [1.29, 1.82) is 0 Å². The first kappa shape index (κ1) is 10.1. The first-order valence-corrected chi connectivity index (χ1v) is 4.67. The molecule has 0 bridgehead atoms. The first-order valence-electron chi connectivity index (χ1n) is 4.67. The number of rotatable bonds is 5. The molecule has 0 saturated carbocycles. The smallest absolute Gasteiger partial charge is 0.122 e. The third kappa shape index (κ3) is 3.07. The van der Waals surface area contributed by atoms with Crippen molar-refractivity contribution in [2.24, 2.45) is 0 Å². The fourth-order valence-electron chi connectivity index (χ4n) is 1.27. The Morgan fingerprint density at radius 1 is 1.31 bits per heavy atom. The van der Waals surface area contributed by atoms with Gasteiger partial charge in [-0.05, 0) is 31.4 Å². The molecule has 0 spiro atoms. The molecule has 0 heterocycles. The average molecular weight is 179 g/mol. The number of aryl methyl sites for hydroxylation is 1. The zero-order valence-corrected chi connectivity index (χ0v) is 7.95. The standard InChI is InChI=1S/C11H15O2/c1-2-13-11-8-4-3-6-10(11)7-5-9-12/h3-4,6,8H,2,5,7,9H2,1H3. The molecule has 0 fully saturated rings. The predicted octanol–water partition coefficient (Wildman–Crippen LogP) is 2.45. The summed E-state index contributed by atoms with van der Waals surface area (Å²) >= 11 is 0. The van der Waals surface area contributed by atoms with Gasteiger partial charge < -0.3 is 4.74 Å². The van der Waals surface area contributed by atoms with Gasteiger partial charge in [0.05, 0.1) is 13.2 Å². The molecule has 0 amide bonds. The number of benzene rings is 1. The van der Waals surface area contributed by atoms with Crippen LogP contribution in [0.3, 0.4) is 0 Å². The summed E-state index contributed by atoms with van der Waals surface area (Å²) in [6.45, 7) is 2.62. The maximum absolute atomic E-state index is 10.3. The van der Waals surface area contributed by atoms with Gasteiger partial charge in [-0.15, -0.1) is 0 Å². The van der Waals surface area contributed by atoms with Gasteiger partial charge in [0.2, 0.25) is 0 Å². The zero-order valence-electron chi connectivity index (χ0n) is 7.95. The molecule has 0 unspecified atom stereocenters. The SMILES string of the molecule is CCOc1ccccc1CCC[O]. The summed E-state index contributed by atoms with van der Waals surface area (Å²) in [5.41, 5.74) is 1.14. The van der Waals surface area contributed by atoms with Crippen LogP contribution >= 0.6 is 0 Å². The molecule has 71 valence electrons. The van der Waals surface area contributed by atoms with Gasteiger partial charge in [0, 0.05) is 0 Å². The first-order chi connectivity index (χ1) is 6.38. The van der Waals surface area contributed by atoms with Gasteiger partial charge in [-0.1, -0.05) is 18.2 Å². The van der Waals surface area contributed by atoms with Crippen molar-refractivity contribution in [2.45, 2.75) is 19.8 Å². The van der Waals surface area contributed by atoms with E-state index >= 15 is 0 Å². The van der Waals surface area contributed by atoms with Crippen molar-refractivity contribution >= 4 is 0 Å². The number of para-hydroxylation sites is 1. The number of ether oxygens (including phenoxy) is 1. The van der Waals surface area contributed by atoms with Crippen LogP contribution in [0.25, 0.3) is 0 Å². The largest absolute Gasteiger partial charge is 0.494 e. The van der Waals surface area contributed by atoms with Crippen molar-refractivity contribution in [2.75, 3.05) is 13.2 Å². The third-order valence-electron chi connectivity index (χ3n) is 1.86. The van der Waals surface area contributed by atoms with Gasteiger partial charge in [0.25, 0.3) is 0 Å². The molecule has 1 aromatic carbocycles. The molecule has 0 N–H and O–H groups in total. The van der Waals surface area contributed by atoms with E-state index in [1.807, 2.05) is 31.2 Å². The van der Waals surface area contributed by atoms with E-state index in [0.29, 0.717) is 13.0 Å². The van der Waals surface area contributed by atoms with Crippen LogP contribution in [0, 0.1) is 0 Å². The monoisotopic (exact) mass is 179 g/mol. The second-order valence-corrected chi connectivity index (χ2v) is 2.85. The van der Waals surface area contributed by atoms with E-state index in [0.717, 1.165) is 17.7 Å². The minimum Gasteiger partial charge on any atom is -0.494 e. The van der Waals surface area contributed by atoms with Crippen LogP contribution in [0.2, 0.25) is 0 Å². The number of hydrogen-bond acceptors (Lipinski definition) is 1. The third-order valence-corrected chi connectivity index (χ3v) is 1.86. The molecular weight excluding hydrogens is 164 g/mol. The maximum atomic E-state index is 10.3. The van der Waals surface area contributed by atoms with Gasteiger partial charge >= 0.3 is 0 Å². The Morgan fingerprint density at radius 2 is 2.08 bits per heavy atom. The molecule has 0 aliphatic rings. The highest BCUT2D eigenvalue weighted by Gasteiger charge is 2.00. The molecule has 2 heteroatoms. The fourth-order valence-corrected chi connectivity index (χ4v) is 1.27. The lowest BCUT2D eigenvalue weighted by Crippen LogP contribution is -1.97. The van der Waals surface area contributed by atoms with Gasteiger partial charge in [-0.3, -0.25) is 0 Å². The summed E-state index contributed by atoms with van der Waals surface area (Å²) < 4.78 is 5.43. The summed E-state index contributed by atoms with van der Waals surface area (Å²) in [6, 6.07) is 7.89. The lowest BCUT2D eigenvalue weighted by Gasteiger charge is -2.08. The molecule has 1 aromatic rings. The second kappa shape index (κ2) is 5.60. The summed E-state index contributed by atoms with van der Waals surface area (Å²) in [5, 5.41) is 10.3. The Labute approximate surface area is 79.2 Å². The molecule has 2 nitrogen and oxygen atoms in total. The summed E-state index contributed by atoms with van der Waals surface area (Å²) in [7, 11) is 0. The van der Waals surface area contributed by atoms with Gasteiger partial charge in [0.1, 0.15) is 5.75 Å². The highest BCUT2D eigenvalue weighted by Crippen LogP contribution is 2.19. The molecule has 1 rings (SSSR count). The van der Waals surface area contributed by atoms with Crippen LogP contribution in [0.15, 0.2) is 24.3 Å². The molecule has 0 atom stereocenters. The molecular formula is C11H15O2. The molecule has 0 aromatic heterocycles. The quantitative estimate of drug-likeness (QED) is 0.682. The lowest BCUT2D eigenvalue weighted by molar-refractivity contribution is 0.189. The van der Waals surface area contributed by atoms with Crippen molar-refractivity contribution in [3.05, 3.63) is 29.8 Å². The molecule has 0 saturated heterocycles. The van der Waals surface area contributed by atoms with E-state index in [4.69, 9.17) is 4.74 Å². The van der Waals surface area contributed by atoms with Crippen LogP contribution < -0.4 is 4.74 Å². The van der Waals surface area contributed by atoms with Gasteiger partial charge in [-0.2, -0.15) is 0 Å². The van der Waals surface area contributed by atoms with Crippen molar-refractivity contribution in [3.63, 3.8) is 0 Å². The Balaban J connectivity index is 2.66. The highest BCUT2D eigenvalue weighted by molar-refractivity contribution is 5.33. The Morgan fingerprint density at radius 3 is 2.77 bits per heavy atom. The zero-order chi connectivity index (χ0) is 9.52. The van der Waals surface area contributed by atoms with E-state index in [-0.39, 0.29) is 6.61 Å². The van der Waals surface area contributed by atoms with Crippen LogP contribution in [0.4, 0.5) is 0 Å². The highest BCUT2D eigenvalue weighted by atomic mass is 16.5. The summed E-state index contributed by atoms with van der Waals surface area (Å²) in [5.74, 6) is 0.915. The van der Waals surface area contributed by atoms with E-state index in [1.54, 1.807) is 0 Å². The normalized spacial score (nSPS) is 10.0. The van der Waals surface area contributed by atoms with Crippen molar-refractivity contribution in [3.8, 4) is 5.75 Å². The molecule has 13 heavy (non-hydrogen) atoms. The van der Waals surface area contributed by atoms with Crippen molar-refractivity contribution in [1.82, 2.24) is 0 Å². The van der Waals surface area contributed by atoms with Crippen LogP contribution in [-0.2, 0) is 11.5 Å². The van der Waals surface area contributed by atoms with Gasteiger partial charge in [-0.25, -0.2) is 5.11 Å². The van der Waals surface area contributed by atoms with Crippen molar-refractivity contribution < 1.29 is 9.84 Å². The second-order valence-electron chi connectivity index (χ2n) is 2.85.